The molecule has 1 fully saturated rings. The minimum Gasteiger partial charge on any atom is -0.326 e. The predicted molar refractivity (Wildman–Crippen MR) is 92.9 cm³/mol. The minimum absolute atomic E-state index is 0.145. The zero-order valence-corrected chi connectivity index (χ0v) is 14.4. The third-order valence-electron chi connectivity index (χ3n) is 3.68. The summed E-state index contributed by atoms with van der Waals surface area (Å²) >= 11 is 8.05. The third-order valence-corrected chi connectivity index (χ3v) is 5.33. The number of benzene rings is 1. The van der Waals surface area contributed by atoms with Crippen molar-refractivity contribution in [2.45, 2.75) is 32.1 Å². The van der Waals surface area contributed by atoms with Gasteiger partial charge in [0.05, 0.1) is 10.7 Å². The molecule has 0 spiro atoms. The average molecular weight is 342 g/mol. The number of rotatable bonds is 2. The van der Waals surface area contributed by atoms with Gasteiger partial charge in [-0.1, -0.05) is 18.5 Å². The molecular formula is C15H20ClN3O2S. The van der Waals surface area contributed by atoms with E-state index in [9.17, 15) is 9.59 Å². The number of urea groups is 1. The molecule has 0 saturated carbocycles. The Labute approximate surface area is 139 Å². The average Bonchev–Trinajstić information content (AvgIpc) is 2.44. The Morgan fingerprint density at radius 2 is 2.05 bits per heavy atom. The molecule has 1 aliphatic rings. The van der Waals surface area contributed by atoms with Gasteiger partial charge in [-0.05, 0) is 25.1 Å². The van der Waals surface area contributed by atoms with E-state index < -0.39 is 0 Å². The molecule has 22 heavy (non-hydrogen) atoms. The Morgan fingerprint density at radius 3 is 2.68 bits per heavy atom. The van der Waals surface area contributed by atoms with Crippen LogP contribution in [0.2, 0.25) is 5.02 Å². The van der Waals surface area contributed by atoms with Crippen molar-refractivity contribution in [1.29, 1.82) is 0 Å². The summed E-state index contributed by atoms with van der Waals surface area (Å²) in [5.74, 6) is 0.773. The lowest BCUT2D eigenvalue weighted by Crippen LogP contribution is -2.49. The van der Waals surface area contributed by atoms with E-state index in [1.54, 1.807) is 18.2 Å². The first-order valence-electron chi connectivity index (χ1n) is 7.15. The normalized spacial score (nSPS) is 21.4. The topological polar surface area (TPSA) is 61.4 Å². The second-order valence-electron chi connectivity index (χ2n) is 5.32. The summed E-state index contributed by atoms with van der Waals surface area (Å²) < 4.78 is 0. The zero-order valence-electron chi connectivity index (χ0n) is 12.9. The second kappa shape index (κ2) is 7.24. The highest BCUT2D eigenvalue weighted by atomic mass is 35.5. The summed E-state index contributed by atoms with van der Waals surface area (Å²) in [5.41, 5.74) is 1.14. The molecule has 5 nitrogen and oxygen atoms in total. The number of carbonyl (C=O) groups is 2. The number of hydrogen-bond donors (Lipinski definition) is 2. The van der Waals surface area contributed by atoms with E-state index in [1.807, 2.05) is 16.7 Å². The summed E-state index contributed by atoms with van der Waals surface area (Å²) in [7, 11) is 0. The van der Waals surface area contributed by atoms with Crippen LogP contribution in [0.4, 0.5) is 16.2 Å². The van der Waals surface area contributed by atoms with Crippen molar-refractivity contribution in [2.24, 2.45) is 0 Å². The molecule has 1 aliphatic heterocycles. The molecule has 0 aliphatic carbocycles. The van der Waals surface area contributed by atoms with Crippen molar-refractivity contribution in [3.8, 4) is 0 Å². The Kier molecular flexibility index (Phi) is 5.58. The van der Waals surface area contributed by atoms with Gasteiger partial charge in [-0.3, -0.25) is 4.79 Å². The van der Waals surface area contributed by atoms with E-state index >= 15 is 0 Å². The Bertz CT molecular complexity index is 582. The molecule has 0 aromatic heterocycles. The number of amides is 3. The van der Waals surface area contributed by atoms with E-state index in [0.717, 1.165) is 12.3 Å². The Hall–Kier alpha value is -1.40. The molecule has 2 N–H and O–H groups in total. The maximum absolute atomic E-state index is 12.4. The summed E-state index contributed by atoms with van der Waals surface area (Å²) in [5, 5.41) is 6.31. The molecular weight excluding hydrogens is 322 g/mol. The van der Waals surface area contributed by atoms with Crippen molar-refractivity contribution in [1.82, 2.24) is 4.90 Å². The van der Waals surface area contributed by atoms with Crippen molar-refractivity contribution in [2.75, 3.05) is 22.9 Å². The maximum Gasteiger partial charge on any atom is 0.322 e. The van der Waals surface area contributed by atoms with Crippen LogP contribution in [0.5, 0.6) is 0 Å². The van der Waals surface area contributed by atoms with Gasteiger partial charge in [-0.2, -0.15) is 11.8 Å². The molecule has 1 saturated heterocycles. The Balaban J connectivity index is 2.06. The van der Waals surface area contributed by atoms with E-state index in [2.05, 4.69) is 24.5 Å². The number of anilines is 2. The quantitative estimate of drug-likeness (QED) is 0.863. The van der Waals surface area contributed by atoms with Crippen molar-refractivity contribution in [3.63, 3.8) is 0 Å². The summed E-state index contributed by atoms with van der Waals surface area (Å²) in [6, 6.07) is 5.06. The fourth-order valence-electron chi connectivity index (χ4n) is 2.30. The van der Waals surface area contributed by atoms with E-state index in [1.165, 1.54) is 6.92 Å². The SMILES string of the molecule is CC(=O)Nc1ccc(NC(=O)N2CCS[C@@H](C)[C@H]2C)c(Cl)c1. The fourth-order valence-corrected chi connectivity index (χ4v) is 3.63. The molecule has 2 atom stereocenters. The molecule has 0 unspecified atom stereocenters. The summed E-state index contributed by atoms with van der Waals surface area (Å²) in [4.78, 5) is 25.3. The van der Waals surface area contributed by atoms with Crippen LogP contribution in [-0.2, 0) is 4.79 Å². The maximum atomic E-state index is 12.4. The Morgan fingerprint density at radius 1 is 1.32 bits per heavy atom. The molecule has 1 heterocycles. The van der Waals surface area contributed by atoms with Gasteiger partial charge >= 0.3 is 6.03 Å². The van der Waals surface area contributed by atoms with Crippen LogP contribution in [0.1, 0.15) is 20.8 Å². The first-order chi connectivity index (χ1) is 10.4. The first-order valence-corrected chi connectivity index (χ1v) is 8.57. The smallest absolute Gasteiger partial charge is 0.322 e. The molecule has 2 rings (SSSR count). The summed E-state index contributed by atoms with van der Waals surface area (Å²) in [6.07, 6.45) is 0. The van der Waals surface area contributed by atoms with Crippen LogP contribution in [0.25, 0.3) is 0 Å². The zero-order chi connectivity index (χ0) is 16.3. The standard InChI is InChI=1S/C15H20ClN3O2S/c1-9-10(2)22-7-6-19(9)15(21)18-14-5-4-12(8-13(14)16)17-11(3)20/h4-5,8-10H,6-7H2,1-3H3,(H,17,20)(H,18,21)/t9-,10+/m1/s1. The van der Waals surface area contributed by atoms with Gasteiger partial charge in [-0.15, -0.1) is 0 Å². The number of thioether (sulfide) groups is 1. The monoisotopic (exact) mass is 341 g/mol. The van der Waals surface area contributed by atoms with Gasteiger partial charge in [0.2, 0.25) is 5.91 Å². The lowest BCUT2D eigenvalue weighted by atomic mass is 10.2. The van der Waals surface area contributed by atoms with Crippen LogP contribution in [-0.4, -0.2) is 40.4 Å². The number of carbonyl (C=O) groups excluding carboxylic acids is 2. The molecule has 1 aromatic rings. The lowest BCUT2D eigenvalue weighted by molar-refractivity contribution is -0.114. The molecule has 0 radical (unpaired) electrons. The van der Waals surface area contributed by atoms with Crippen molar-refractivity contribution >= 4 is 46.7 Å². The van der Waals surface area contributed by atoms with Crippen LogP contribution >= 0.6 is 23.4 Å². The van der Waals surface area contributed by atoms with Gasteiger partial charge in [-0.25, -0.2) is 4.79 Å². The second-order valence-corrected chi connectivity index (χ2v) is 7.21. The number of hydrogen-bond acceptors (Lipinski definition) is 3. The number of halogens is 1. The molecule has 7 heteroatoms. The highest BCUT2D eigenvalue weighted by Crippen LogP contribution is 2.28. The highest BCUT2D eigenvalue weighted by Gasteiger charge is 2.29. The van der Waals surface area contributed by atoms with Crippen LogP contribution in [0.3, 0.4) is 0 Å². The van der Waals surface area contributed by atoms with E-state index in [4.69, 9.17) is 11.6 Å². The van der Waals surface area contributed by atoms with Gasteiger partial charge in [0, 0.05) is 36.2 Å². The van der Waals surface area contributed by atoms with Crippen LogP contribution in [0, 0.1) is 0 Å². The van der Waals surface area contributed by atoms with Crippen molar-refractivity contribution in [3.05, 3.63) is 23.2 Å². The predicted octanol–water partition coefficient (Wildman–Crippen LogP) is 3.66. The number of nitrogens with zero attached hydrogens (tertiary/aromatic N) is 1. The van der Waals surface area contributed by atoms with Gasteiger partial charge < -0.3 is 15.5 Å². The largest absolute Gasteiger partial charge is 0.326 e. The van der Waals surface area contributed by atoms with E-state index in [-0.39, 0.29) is 18.0 Å². The number of nitrogens with one attached hydrogen (secondary N) is 2. The van der Waals surface area contributed by atoms with E-state index in [0.29, 0.717) is 21.6 Å². The van der Waals surface area contributed by atoms with Gasteiger partial charge in [0.15, 0.2) is 0 Å². The molecule has 120 valence electrons. The van der Waals surface area contributed by atoms with Gasteiger partial charge in [0.25, 0.3) is 0 Å². The third kappa shape index (κ3) is 4.08. The van der Waals surface area contributed by atoms with Crippen molar-refractivity contribution < 1.29 is 9.59 Å². The molecule has 1 aromatic carbocycles. The summed E-state index contributed by atoms with van der Waals surface area (Å²) in [6.45, 7) is 6.34. The lowest BCUT2D eigenvalue weighted by Gasteiger charge is -2.37. The van der Waals surface area contributed by atoms with Crippen LogP contribution < -0.4 is 10.6 Å². The fraction of sp³-hybridized carbons (Fsp3) is 0.467. The van der Waals surface area contributed by atoms with Crippen LogP contribution in [0.15, 0.2) is 18.2 Å². The highest BCUT2D eigenvalue weighted by molar-refractivity contribution is 8.00. The van der Waals surface area contributed by atoms with Gasteiger partial charge in [0.1, 0.15) is 0 Å². The first kappa shape index (κ1) is 17.0. The molecule has 0 bridgehead atoms. The minimum atomic E-state index is -0.165. The molecule has 3 amide bonds.